The van der Waals surface area contributed by atoms with Crippen LogP contribution in [0.4, 0.5) is 5.69 Å². The molecule has 1 aliphatic rings. The number of amides is 2. The van der Waals surface area contributed by atoms with E-state index in [-0.39, 0.29) is 0 Å². The number of nitrogens with one attached hydrogen (secondary N) is 1. The summed E-state index contributed by atoms with van der Waals surface area (Å²) in [6.45, 7) is 3.52. The van der Waals surface area contributed by atoms with Gasteiger partial charge in [0.25, 0.3) is 0 Å². The Hall–Kier alpha value is -2.36. The second-order valence-corrected chi connectivity index (χ2v) is 5.99. The molecule has 4 nitrogen and oxygen atoms in total. The summed E-state index contributed by atoms with van der Waals surface area (Å²) in [5, 5.41) is 4.86. The average Bonchev–Trinajstić information content (AvgIpc) is 2.55. The third-order valence-electron chi connectivity index (χ3n) is 4.27. The molecule has 22 heavy (non-hydrogen) atoms. The second kappa shape index (κ2) is 6.18. The molecule has 0 aliphatic carbocycles. The van der Waals surface area contributed by atoms with E-state index in [4.69, 9.17) is 0 Å². The lowest BCUT2D eigenvalue weighted by molar-refractivity contribution is -0.144. The lowest BCUT2D eigenvalue weighted by atomic mass is 9.99. The van der Waals surface area contributed by atoms with Crippen molar-refractivity contribution in [2.24, 2.45) is 5.92 Å². The number of carbonyl (C=O) groups excluding carboxylic acids is 2. The molecule has 0 atom stereocenters. The highest BCUT2D eigenvalue weighted by atomic mass is 16.2. The molecule has 0 unspecified atom stereocenters. The van der Waals surface area contributed by atoms with Crippen molar-refractivity contribution in [3.63, 3.8) is 0 Å². The Kier molecular flexibility index (Phi) is 4.09. The topological polar surface area (TPSA) is 49.4 Å². The molecule has 0 aromatic heterocycles. The molecule has 2 amide bonds. The maximum Gasteiger partial charge on any atom is 0.313 e. The summed E-state index contributed by atoms with van der Waals surface area (Å²) >= 11 is 0. The number of piperidine rings is 1. The normalized spacial score (nSPS) is 15.8. The molecule has 1 fully saturated rings. The van der Waals surface area contributed by atoms with Gasteiger partial charge in [0.15, 0.2) is 0 Å². The summed E-state index contributed by atoms with van der Waals surface area (Å²) in [7, 11) is 0. The number of fused-ring (bicyclic) bond motifs is 1. The van der Waals surface area contributed by atoms with Crippen LogP contribution in [0.2, 0.25) is 0 Å². The van der Waals surface area contributed by atoms with Gasteiger partial charge in [0.1, 0.15) is 0 Å². The first-order valence-corrected chi connectivity index (χ1v) is 7.72. The first-order valence-electron chi connectivity index (χ1n) is 7.72. The van der Waals surface area contributed by atoms with Crippen molar-refractivity contribution in [1.29, 1.82) is 0 Å². The van der Waals surface area contributed by atoms with Crippen LogP contribution in [0, 0.1) is 5.92 Å². The largest absolute Gasteiger partial charge is 0.334 e. The van der Waals surface area contributed by atoms with Crippen LogP contribution in [0.5, 0.6) is 0 Å². The van der Waals surface area contributed by atoms with Gasteiger partial charge in [0, 0.05) is 18.8 Å². The number of likely N-dealkylation sites (tertiary alicyclic amines) is 1. The van der Waals surface area contributed by atoms with Gasteiger partial charge in [-0.25, -0.2) is 0 Å². The molecular weight excluding hydrogens is 276 g/mol. The molecule has 0 bridgehead atoms. The fourth-order valence-electron chi connectivity index (χ4n) is 2.81. The molecule has 3 rings (SSSR count). The van der Waals surface area contributed by atoms with Crippen molar-refractivity contribution in [1.82, 2.24) is 4.90 Å². The van der Waals surface area contributed by atoms with Crippen molar-refractivity contribution < 1.29 is 9.59 Å². The number of hydrogen-bond donors (Lipinski definition) is 1. The molecule has 0 spiro atoms. The van der Waals surface area contributed by atoms with Crippen molar-refractivity contribution >= 4 is 28.3 Å². The Morgan fingerprint density at radius 2 is 1.73 bits per heavy atom. The van der Waals surface area contributed by atoms with Gasteiger partial charge in [-0.1, -0.05) is 37.3 Å². The molecular formula is C18H20N2O2. The summed E-state index contributed by atoms with van der Waals surface area (Å²) in [6, 6.07) is 13.6. The maximum absolute atomic E-state index is 12.2. The van der Waals surface area contributed by atoms with Gasteiger partial charge in [-0.15, -0.1) is 0 Å². The van der Waals surface area contributed by atoms with Gasteiger partial charge < -0.3 is 10.2 Å². The molecule has 1 saturated heterocycles. The Bertz CT molecular complexity index is 703. The van der Waals surface area contributed by atoms with Crippen LogP contribution in [-0.2, 0) is 9.59 Å². The molecule has 1 N–H and O–H groups in total. The van der Waals surface area contributed by atoms with Gasteiger partial charge in [0.05, 0.1) is 0 Å². The highest BCUT2D eigenvalue weighted by Crippen LogP contribution is 2.20. The van der Waals surface area contributed by atoms with Crippen molar-refractivity contribution in [2.45, 2.75) is 19.8 Å². The average molecular weight is 296 g/mol. The van der Waals surface area contributed by atoms with E-state index in [0.29, 0.717) is 24.7 Å². The van der Waals surface area contributed by atoms with E-state index in [1.165, 1.54) is 0 Å². The van der Waals surface area contributed by atoms with Crippen LogP contribution >= 0.6 is 0 Å². The lowest BCUT2D eigenvalue weighted by Gasteiger charge is -2.29. The summed E-state index contributed by atoms with van der Waals surface area (Å²) < 4.78 is 0. The number of anilines is 1. The van der Waals surface area contributed by atoms with E-state index in [9.17, 15) is 9.59 Å². The fourth-order valence-corrected chi connectivity index (χ4v) is 2.81. The lowest BCUT2D eigenvalue weighted by Crippen LogP contribution is -2.43. The van der Waals surface area contributed by atoms with E-state index in [1.54, 1.807) is 4.90 Å². The van der Waals surface area contributed by atoms with Crippen LogP contribution in [0.3, 0.4) is 0 Å². The van der Waals surface area contributed by atoms with Gasteiger partial charge in [-0.05, 0) is 41.7 Å². The number of rotatable bonds is 1. The van der Waals surface area contributed by atoms with Crippen molar-refractivity contribution in [2.75, 3.05) is 18.4 Å². The molecule has 114 valence electrons. The highest BCUT2D eigenvalue weighted by molar-refractivity contribution is 6.39. The second-order valence-electron chi connectivity index (χ2n) is 5.99. The third kappa shape index (κ3) is 3.11. The van der Waals surface area contributed by atoms with E-state index in [0.717, 1.165) is 23.6 Å². The predicted octanol–water partition coefficient (Wildman–Crippen LogP) is 3.04. The molecule has 4 heteroatoms. The first-order chi connectivity index (χ1) is 10.6. The molecule has 0 saturated carbocycles. The Balaban J connectivity index is 1.68. The quantitative estimate of drug-likeness (QED) is 0.822. The number of carbonyl (C=O) groups is 2. The van der Waals surface area contributed by atoms with Gasteiger partial charge in [-0.3, -0.25) is 9.59 Å². The van der Waals surface area contributed by atoms with Crippen LogP contribution < -0.4 is 5.32 Å². The van der Waals surface area contributed by atoms with Crippen LogP contribution in [0.25, 0.3) is 10.8 Å². The molecule has 1 heterocycles. The predicted molar refractivity (Wildman–Crippen MR) is 87.6 cm³/mol. The number of nitrogens with zero attached hydrogens (tertiary/aromatic N) is 1. The molecule has 2 aromatic rings. The minimum Gasteiger partial charge on any atom is -0.334 e. The standard InChI is InChI=1S/C18H20N2O2/c1-13-8-10-20(11-9-13)18(22)17(21)19-16-7-6-14-4-2-3-5-15(14)12-16/h2-7,12-13H,8-11H2,1H3,(H,19,21). The monoisotopic (exact) mass is 296 g/mol. The van der Waals surface area contributed by atoms with Crippen molar-refractivity contribution in [3.8, 4) is 0 Å². The van der Waals surface area contributed by atoms with Crippen LogP contribution in [0.15, 0.2) is 42.5 Å². The fraction of sp³-hybridized carbons (Fsp3) is 0.333. The van der Waals surface area contributed by atoms with E-state index in [1.807, 2.05) is 42.5 Å². The van der Waals surface area contributed by atoms with Gasteiger partial charge >= 0.3 is 11.8 Å². The first kappa shape index (κ1) is 14.6. The summed E-state index contributed by atoms with van der Waals surface area (Å²) in [5.41, 5.74) is 0.655. The minimum atomic E-state index is -0.551. The van der Waals surface area contributed by atoms with Gasteiger partial charge in [-0.2, -0.15) is 0 Å². The zero-order valence-corrected chi connectivity index (χ0v) is 12.7. The van der Waals surface area contributed by atoms with Crippen LogP contribution in [0.1, 0.15) is 19.8 Å². The number of hydrogen-bond acceptors (Lipinski definition) is 2. The van der Waals surface area contributed by atoms with E-state index < -0.39 is 11.8 Å². The summed E-state index contributed by atoms with van der Waals surface area (Å²) in [4.78, 5) is 26.0. The zero-order chi connectivity index (χ0) is 15.5. The molecule has 2 aromatic carbocycles. The minimum absolute atomic E-state index is 0.431. The maximum atomic E-state index is 12.2. The Morgan fingerprint density at radius 1 is 1.05 bits per heavy atom. The Morgan fingerprint density at radius 3 is 2.45 bits per heavy atom. The SMILES string of the molecule is CC1CCN(C(=O)C(=O)Nc2ccc3ccccc3c2)CC1. The number of benzene rings is 2. The molecule has 1 aliphatic heterocycles. The van der Waals surface area contributed by atoms with Gasteiger partial charge in [0.2, 0.25) is 0 Å². The van der Waals surface area contributed by atoms with Crippen molar-refractivity contribution in [3.05, 3.63) is 42.5 Å². The Labute approximate surface area is 130 Å². The van der Waals surface area contributed by atoms with Crippen LogP contribution in [-0.4, -0.2) is 29.8 Å². The third-order valence-corrected chi connectivity index (χ3v) is 4.27. The highest BCUT2D eigenvalue weighted by Gasteiger charge is 2.25. The zero-order valence-electron chi connectivity index (χ0n) is 12.7. The summed E-state index contributed by atoms with van der Waals surface area (Å²) in [5.74, 6) is -0.350. The smallest absolute Gasteiger partial charge is 0.313 e. The summed E-state index contributed by atoms with van der Waals surface area (Å²) in [6.07, 6.45) is 1.93. The van der Waals surface area contributed by atoms with E-state index in [2.05, 4.69) is 12.2 Å². The van der Waals surface area contributed by atoms with E-state index >= 15 is 0 Å². The molecule has 0 radical (unpaired) electrons.